The van der Waals surface area contributed by atoms with Gasteiger partial charge >= 0.3 is 0 Å². The molecule has 0 unspecified atom stereocenters. The number of hydrogen-bond donors (Lipinski definition) is 0. The van der Waals surface area contributed by atoms with E-state index in [1.165, 1.54) is 54.6 Å². The van der Waals surface area contributed by atoms with E-state index in [1.807, 2.05) is 12.3 Å². The molecule has 0 amide bonds. The summed E-state index contributed by atoms with van der Waals surface area (Å²) in [6.07, 6.45) is 2.96. The molecule has 0 fully saturated rings. The van der Waals surface area contributed by atoms with Crippen molar-refractivity contribution in [1.29, 1.82) is 0 Å². The van der Waals surface area contributed by atoms with Crippen LogP contribution in [-0.2, 0) is 6.42 Å². The molecule has 0 radical (unpaired) electrons. The van der Waals surface area contributed by atoms with Gasteiger partial charge in [0.05, 0.1) is 27.6 Å². The average molecular weight is 493 g/mol. The lowest BCUT2D eigenvalue weighted by molar-refractivity contribution is 0.411. The molecule has 3 nitrogen and oxygen atoms in total. The van der Waals surface area contributed by atoms with Crippen LogP contribution in [0.5, 0.6) is 0 Å². The van der Waals surface area contributed by atoms with Crippen LogP contribution < -0.4 is 0 Å². The second-order valence-corrected chi connectivity index (χ2v) is 12.0. The van der Waals surface area contributed by atoms with E-state index in [-0.39, 0.29) is 5.41 Å². The van der Waals surface area contributed by atoms with E-state index in [0.29, 0.717) is 0 Å². The number of aryl methyl sites for hydroxylation is 1. The highest BCUT2D eigenvalue weighted by Crippen LogP contribution is 2.46. The molecule has 0 aliphatic rings. The van der Waals surface area contributed by atoms with Crippen molar-refractivity contribution in [3.8, 4) is 11.3 Å². The molecule has 0 saturated heterocycles. The van der Waals surface area contributed by atoms with Gasteiger partial charge in [-0.2, -0.15) is 0 Å². The Morgan fingerprint density at radius 3 is 2.45 bits per heavy atom. The molecule has 3 heteroatoms. The number of fused-ring (bicyclic) bond motifs is 10. The molecule has 4 aromatic heterocycles. The van der Waals surface area contributed by atoms with E-state index in [9.17, 15) is 0 Å². The van der Waals surface area contributed by atoms with Crippen LogP contribution in [0, 0.1) is 12.3 Å². The number of nitrogens with zero attached hydrogens (tertiary/aromatic N) is 2. The van der Waals surface area contributed by atoms with Crippen molar-refractivity contribution in [2.24, 2.45) is 5.41 Å². The summed E-state index contributed by atoms with van der Waals surface area (Å²) in [7, 11) is 0. The van der Waals surface area contributed by atoms with Crippen molar-refractivity contribution in [3.63, 3.8) is 0 Å². The lowest BCUT2D eigenvalue weighted by Crippen LogP contribution is -2.09. The van der Waals surface area contributed by atoms with Crippen LogP contribution in [0.3, 0.4) is 0 Å². The number of para-hydroxylation sites is 1. The third-order valence-electron chi connectivity index (χ3n) is 7.91. The number of aromatic nitrogens is 2. The molecular formula is C35H28N2O. The van der Waals surface area contributed by atoms with E-state index in [1.54, 1.807) is 0 Å². The second kappa shape index (κ2) is 7.35. The topological polar surface area (TPSA) is 30.4 Å². The van der Waals surface area contributed by atoms with Crippen LogP contribution in [0.15, 0.2) is 89.5 Å². The molecule has 4 heterocycles. The lowest BCUT2D eigenvalue weighted by atomic mass is 9.88. The molecule has 0 aliphatic heterocycles. The molecule has 0 spiro atoms. The summed E-state index contributed by atoms with van der Waals surface area (Å²) in [5.41, 5.74) is 10.5. The zero-order chi connectivity index (χ0) is 25.8. The Labute approximate surface area is 220 Å². The molecule has 4 aromatic carbocycles. The minimum atomic E-state index is 0.224. The maximum Gasteiger partial charge on any atom is 0.145 e. The van der Waals surface area contributed by atoms with Crippen molar-refractivity contribution >= 4 is 60.0 Å². The van der Waals surface area contributed by atoms with Gasteiger partial charge in [-0.1, -0.05) is 56.7 Å². The molecule has 8 rings (SSSR count). The average Bonchev–Trinajstić information content (AvgIpc) is 3.53. The molecule has 0 saturated carbocycles. The minimum absolute atomic E-state index is 0.224. The van der Waals surface area contributed by atoms with Gasteiger partial charge in [0.15, 0.2) is 0 Å². The van der Waals surface area contributed by atoms with Gasteiger partial charge in [-0.05, 0) is 72.9 Å². The Kier molecular flexibility index (Phi) is 4.20. The molecule has 8 aromatic rings. The Morgan fingerprint density at radius 2 is 1.58 bits per heavy atom. The predicted molar refractivity (Wildman–Crippen MR) is 160 cm³/mol. The van der Waals surface area contributed by atoms with Crippen LogP contribution in [0.4, 0.5) is 0 Å². The first-order chi connectivity index (χ1) is 18.4. The normalized spacial score (nSPS) is 12.8. The lowest BCUT2D eigenvalue weighted by Gasteiger charge is -2.18. The first kappa shape index (κ1) is 21.7. The van der Waals surface area contributed by atoms with Crippen LogP contribution in [0.1, 0.15) is 31.9 Å². The van der Waals surface area contributed by atoms with E-state index in [0.717, 1.165) is 34.2 Å². The Bertz CT molecular complexity index is 2200. The number of pyridine rings is 1. The quantitative estimate of drug-likeness (QED) is 0.240. The van der Waals surface area contributed by atoms with Crippen molar-refractivity contribution in [3.05, 3.63) is 96.2 Å². The van der Waals surface area contributed by atoms with Crippen LogP contribution >= 0.6 is 0 Å². The maximum absolute atomic E-state index is 6.58. The summed E-state index contributed by atoms with van der Waals surface area (Å²) in [5, 5.41) is 7.30. The smallest absolute Gasteiger partial charge is 0.145 e. The number of rotatable bonds is 2. The molecule has 0 aliphatic carbocycles. The Balaban J connectivity index is 1.51. The highest BCUT2D eigenvalue weighted by molar-refractivity contribution is 6.33. The summed E-state index contributed by atoms with van der Waals surface area (Å²) in [4.78, 5) is 4.78. The van der Waals surface area contributed by atoms with Gasteiger partial charge in [0.1, 0.15) is 11.2 Å². The highest BCUT2D eigenvalue weighted by atomic mass is 16.3. The zero-order valence-electron chi connectivity index (χ0n) is 22.1. The molecule has 184 valence electrons. The summed E-state index contributed by atoms with van der Waals surface area (Å²) in [5.74, 6) is 0. The summed E-state index contributed by atoms with van der Waals surface area (Å²) < 4.78 is 9.01. The van der Waals surface area contributed by atoms with Gasteiger partial charge in [-0.3, -0.25) is 4.98 Å². The fourth-order valence-corrected chi connectivity index (χ4v) is 6.41. The Morgan fingerprint density at radius 1 is 0.763 bits per heavy atom. The van der Waals surface area contributed by atoms with Gasteiger partial charge in [-0.25, -0.2) is 0 Å². The van der Waals surface area contributed by atoms with E-state index >= 15 is 0 Å². The number of benzene rings is 4. The van der Waals surface area contributed by atoms with E-state index in [4.69, 9.17) is 9.40 Å². The SMILES string of the molecule is Cc1ccc2c(c1)c1cc3c4ccccc4oc3c3c4cc(-c5cc(CC(C)(C)C)ccn5)ccc4n2c13. The maximum atomic E-state index is 6.58. The van der Waals surface area contributed by atoms with Gasteiger partial charge in [0.25, 0.3) is 0 Å². The van der Waals surface area contributed by atoms with E-state index < -0.39 is 0 Å². The van der Waals surface area contributed by atoms with Crippen molar-refractivity contribution in [1.82, 2.24) is 9.38 Å². The van der Waals surface area contributed by atoms with Crippen molar-refractivity contribution < 1.29 is 4.42 Å². The second-order valence-electron chi connectivity index (χ2n) is 12.0. The third-order valence-corrected chi connectivity index (χ3v) is 7.91. The van der Waals surface area contributed by atoms with Crippen molar-refractivity contribution in [2.75, 3.05) is 0 Å². The number of furan rings is 1. The first-order valence-corrected chi connectivity index (χ1v) is 13.3. The largest absolute Gasteiger partial charge is 0.455 e. The minimum Gasteiger partial charge on any atom is -0.455 e. The predicted octanol–water partition coefficient (Wildman–Crippen LogP) is 9.70. The van der Waals surface area contributed by atoms with Gasteiger partial charge in [-0.15, -0.1) is 0 Å². The van der Waals surface area contributed by atoms with Crippen LogP contribution in [0.2, 0.25) is 0 Å². The standard InChI is InChI=1S/C35H28N2O/c1-20-9-11-29-24(15-20)25-18-26-23-7-5-6-8-31(23)38-34(26)32-27-17-22(10-12-30(27)37(29)33(25)32)28-16-21(13-14-36-28)19-35(2,3)4/h5-18H,19H2,1-4H3. The van der Waals surface area contributed by atoms with Gasteiger partial charge < -0.3 is 8.82 Å². The van der Waals surface area contributed by atoms with Crippen LogP contribution in [-0.4, -0.2) is 9.38 Å². The summed E-state index contributed by atoms with van der Waals surface area (Å²) in [6, 6.07) is 28.7. The van der Waals surface area contributed by atoms with Crippen molar-refractivity contribution in [2.45, 2.75) is 34.1 Å². The fraction of sp³-hybridized carbons (Fsp3) is 0.171. The van der Waals surface area contributed by atoms with Crippen LogP contribution in [0.25, 0.3) is 71.3 Å². The molecule has 0 bridgehead atoms. The highest BCUT2D eigenvalue weighted by Gasteiger charge is 2.23. The molecule has 0 atom stereocenters. The summed E-state index contributed by atoms with van der Waals surface area (Å²) in [6.45, 7) is 9.01. The van der Waals surface area contributed by atoms with E-state index in [2.05, 4.69) is 105 Å². The third kappa shape index (κ3) is 2.99. The molecular weight excluding hydrogens is 464 g/mol. The molecule has 38 heavy (non-hydrogen) atoms. The summed E-state index contributed by atoms with van der Waals surface area (Å²) >= 11 is 0. The first-order valence-electron chi connectivity index (χ1n) is 13.3. The zero-order valence-corrected chi connectivity index (χ0v) is 22.1. The van der Waals surface area contributed by atoms with Gasteiger partial charge in [0.2, 0.25) is 0 Å². The Hall–Kier alpha value is -4.37. The monoisotopic (exact) mass is 492 g/mol. The fourth-order valence-electron chi connectivity index (χ4n) is 6.41. The van der Waals surface area contributed by atoms with Gasteiger partial charge in [0, 0.05) is 38.7 Å². The molecule has 0 N–H and O–H groups in total. The number of hydrogen-bond acceptors (Lipinski definition) is 2.